The van der Waals surface area contributed by atoms with Gasteiger partial charge in [0.05, 0.1) is 0 Å². The van der Waals surface area contributed by atoms with Crippen LogP contribution < -0.4 is 5.32 Å². The summed E-state index contributed by atoms with van der Waals surface area (Å²) >= 11 is 1.22. The second kappa shape index (κ2) is 3.77. The van der Waals surface area contributed by atoms with Gasteiger partial charge >= 0.3 is 11.9 Å². The molecule has 1 unspecified atom stereocenters. The van der Waals surface area contributed by atoms with E-state index in [0.717, 1.165) is 0 Å². The molecular formula is C6H9NO4S. The lowest BCUT2D eigenvalue weighted by Gasteiger charge is -2.24. The van der Waals surface area contributed by atoms with Crippen molar-refractivity contribution in [1.29, 1.82) is 0 Å². The topological polar surface area (TPSA) is 86.6 Å². The third-order valence-corrected chi connectivity index (χ3v) is 2.71. The van der Waals surface area contributed by atoms with Crippen molar-refractivity contribution >= 4 is 23.7 Å². The number of nitrogens with one attached hydrogen (secondary N) is 1. The van der Waals surface area contributed by atoms with E-state index in [2.05, 4.69) is 5.32 Å². The van der Waals surface area contributed by atoms with Gasteiger partial charge in [-0.1, -0.05) is 0 Å². The molecule has 0 saturated carbocycles. The summed E-state index contributed by atoms with van der Waals surface area (Å²) in [6.07, 6.45) is 0.476. The predicted octanol–water partition coefficient (Wildman–Crippen LogP) is -0.423. The van der Waals surface area contributed by atoms with Crippen LogP contribution in [0.2, 0.25) is 0 Å². The molecule has 0 spiro atoms. The molecule has 0 aliphatic carbocycles. The second-order valence-electron chi connectivity index (χ2n) is 2.44. The fourth-order valence-corrected chi connectivity index (χ4v) is 1.97. The third kappa shape index (κ3) is 2.12. The summed E-state index contributed by atoms with van der Waals surface area (Å²) < 4.78 is 0. The van der Waals surface area contributed by atoms with E-state index in [9.17, 15) is 9.59 Å². The molecule has 0 bridgehead atoms. The smallest absolute Gasteiger partial charge is 0.331 e. The van der Waals surface area contributed by atoms with Crippen molar-refractivity contribution in [1.82, 2.24) is 5.32 Å². The van der Waals surface area contributed by atoms with Crippen LogP contribution >= 0.6 is 11.8 Å². The first kappa shape index (κ1) is 9.34. The zero-order chi connectivity index (χ0) is 9.14. The van der Waals surface area contributed by atoms with Crippen LogP contribution in [0.15, 0.2) is 0 Å². The minimum atomic E-state index is -1.01. The lowest BCUT2D eigenvalue weighted by atomic mass is 10.2. The fourth-order valence-electron chi connectivity index (χ4n) is 0.955. The molecule has 1 saturated heterocycles. The second-order valence-corrected chi connectivity index (χ2v) is 3.65. The number of carbonyl (C=O) groups is 2. The SMILES string of the molecule is O=C(O)C1N[C@H](C(=O)O)CCS1. The van der Waals surface area contributed by atoms with Crippen molar-refractivity contribution in [2.24, 2.45) is 0 Å². The Labute approximate surface area is 73.1 Å². The first-order valence-electron chi connectivity index (χ1n) is 3.44. The number of carboxylic acid groups (broad SMARTS) is 2. The molecule has 3 N–H and O–H groups in total. The molecule has 0 amide bonds. The lowest BCUT2D eigenvalue weighted by molar-refractivity contribution is -0.141. The van der Waals surface area contributed by atoms with E-state index in [-0.39, 0.29) is 0 Å². The molecule has 0 aromatic rings. The molecule has 1 fully saturated rings. The van der Waals surface area contributed by atoms with Crippen molar-refractivity contribution in [2.45, 2.75) is 17.8 Å². The van der Waals surface area contributed by atoms with Crippen LogP contribution in [0.4, 0.5) is 0 Å². The maximum Gasteiger partial charge on any atom is 0.331 e. The highest BCUT2D eigenvalue weighted by Crippen LogP contribution is 2.18. The van der Waals surface area contributed by atoms with Gasteiger partial charge in [-0.3, -0.25) is 10.1 Å². The van der Waals surface area contributed by atoms with Crippen LogP contribution in [0.5, 0.6) is 0 Å². The number of carboxylic acids is 2. The van der Waals surface area contributed by atoms with Crippen molar-refractivity contribution in [3.05, 3.63) is 0 Å². The molecule has 6 heteroatoms. The monoisotopic (exact) mass is 191 g/mol. The molecule has 0 aromatic heterocycles. The average Bonchev–Trinajstić information content (AvgIpc) is 2.04. The molecule has 1 heterocycles. The molecule has 68 valence electrons. The molecule has 1 aliphatic heterocycles. The van der Waals surface area contributed by atoms with Gasteiger partial charge in [-0.2, -0.15) is 0 Å². The molecule has 0 radical (unpaired) electrons. The predicted molar refractivity (Wildman–Crippen MR) is 43.1 cm³/mol. The maximum atomic E-state index is 10.5. The van der Waals surface area contributed by atoms with Crippen molar-refractivity contribution in [3.8, 4) is 0 Å². The summed E-state index contributed by atoms with van der Waals surface area (Å²) in [5, 5.41) is 18.9. The minimum Gasteiger partial charge on any atom is -0.480 e. The molecule has 1 aliphatic rings. The number of hydrogen-bond acceptors (Lipinski definition) is 4. The summed E-state index contributed by atoms with van der Waals surface area (Å²) in [4.78, 5) is 20.9. The molecule has 12 heavy (non-hydrogen) atoms. The normalized spacial score (nSPS) is 29.7. The first-order valence-corrected chi connectivity index (χ1v) is 4.49. The van der Waals surface area contributed by atoms with Gasteiger partial charge in [-0.25, -0.2) is 4.79 Å². The highest BCUT2D eigenvalue weighted by molar-refractivity contribution is 8.00. The summed E-state index contributed by atoms with van der Waals surface area (Å²) in [5.74, 6) is -1.42. The molecule has 5 nitrogen and oxygen atoms in total. The Kier molecular flexibility index (Phi) is 2.93. The Morgan fingerprint density at radius 1 is 1.33 bits per heavy atom. The Morgan fingerprint density at radius 2 is 2.00 bits per heavy atom. The van der Waals surface area contributed by atoms with Crippen LogP contribution in [0.3, 0.4) is 0 Å². The van der Waals surface area contributed by atoms with Gasteiger partial charge in [0.1, 0.15) is 6.04 Å². The van der Waals surface area contributed by atoms with Crippen molar-refractivity contribution < 1.29 is 19.8 Å². The van der Waals surface area contributed by atoms with Gasteiger partial charge < -0.3 is 10.2 Å². The number of hydrogen-bond donors (Lipinski definition) is 3. The standard InChI is InChI=1S/C6H9NO4S/c8-5(9)3-1-2-12-4(7-3)6(10)11/h3-4,7H,1-2H2,(H,8,9)(H,10,11)/t3-,4?/m0/s1. The van der Waals surface area contributed by atoms with E-state index in [0.29, 0.717) is 12.2 Å². The van der Waals surface area contributed by atoms with Gasteiger partial charge in [0, 0.05) is 0 Å². The van der Waals surface area contributed by atoms with Crippen LogP contribution in [0, 0.1) is 0 Å². The zero-order valence-corrected chi connectivity index (χ0v) is 7.00. The lowest BCUT2D eigenvalue weighted by Crippen LogP contribution is -2.49. The summed E-state index contributed by atoms with van der Waals surface area (Å²) in [7, 11) is 0. The first-order chi connectivity index (χ1) is 5.61. The van der Waals surface area contributed by atoms with Crippen LogP contribution in [-0.2, 0) is 9.59 Å². The highest BCUT2D eigenvalue weighted by atomic mass is 32.2. The third-order valence-electron chi connectivity index (χ3n) is 1.57. The van der Waals surface area contributed by atoms with E-state index in [1.165, 1.54) is 11.8 Å². The quantitative estimate of drug-likeness (QED) is 0.549. The molecule has 1 rings (SSSR count). The van der Waals surface area contributed by atoms with Crippen LogP contribution in [-0.4, -0.2) is 39.3 Å². The molecular weight excluding hydrogens is 182 g/mol. The Bertz CT molecular complexity index is 188. The molecule has 0 aromatic carbocycles. The largest absolute Gasteiger partial charge is 0.480 e. The maximum absolute atomic E-state index is 10.5. The van der Waals surface area contributed by atoms with Gasteiger partial charge in [-0.05, 0) is 12.2 Å². The van der Waals surface area contributed by atoms with E-state index >= 15 is 0 Å². The summed E-state index contributed by atoms with van der Waals surface area (Å²) in [5.41, 5.74) is 0. The number of thioether (sulfide) groups is 1. The molecule has 2 atom stereocenters. The summed E-state index contributed by atoms with van der Waals surface area (Å²) in [6, 6.07) is -0.715. The number of rotatable bonds is 2. The van der Waals surface area contributed by atoms with Crippen molar-refractivity contribution in [2.75, 3.05) is 5.75 Å². The van der Waals surface area contributed by atoms with E-state index < -0.39 is 23.4 Å². The van der Waals surface area contributed by atoms with E-state index in [1.54, 1.807) is 0 Å². The van der Waals surface area contributed by atoms with Crippen molar-refractivity contribution in [3.63, 3.8) is 0 Å². The Hall–Kier alpha value is -0.750. The van der Waals surface area contributed by atoms with Gasteiger partial charge in [0.15, 0.2) is 5.37 Å². The van der Waals surface area contributed by atoms with E-state index in [4.69, 9.17) is 10.2 Å². The van der Waals surface area contributed by atoms with Gasteiger partial charge in [-0.15, -0.1) is 11.8 Å². The summed E-state index contributed by atoms with van der Waals surface area (Å²) in [6.45, 7) is 0. The zero-order valence-electron chi connectivity index (χ0n) is 6.19. The highest BCUT2D eigenvalue weighted by Gasteiger charge is 2.30. The number of aliphatic carboxylic acids is 2. The minimum absolute atomic E-state index is 0.476. The van der Waals surface area contributed by atoms with E-state index in [1.807, 2.05) is 0 Å². The Morgan fingerprint density at radius 3 is 2.50 bits per heavy atom. The average molecular weight is 191 g/mol. The van der Waals surface area contributed by atoms with Gasteiger partial charge in [0.2, 0.25) is 0 Å². The van der Waals surface area contributed by atoms with Gasteiger partial charge in [0.25, 0.3) is 0 Å². The Balaban J connectivity index is 2.51. The van der Waals surface area contributed by atoms with Crippen LogP contribution in [0.25, 0.3) is 0 Å². The fraction of sp³-hybridized carbons (Fsp3) is 0.667. The van der Waals surface area contributed by atoms with Crippen LogP contribution in [0.1, 0.15) is 6.42 Å².